The Morgan fingerprint density at radius 2 is 1.87 bits per heavy atom. The Labute approximate surface area is 93.3 Å². The van der Waals surface area contributed by atoms with E-state index in [0.29, 0.717) is 0 Å². The third-order valence-corrected chi connectivity index (χ3v) is 4.43. The van der Waals surface area contributed by atoms with E-state index in [4.69, 9.17) is 0 Å². The van der Waals surface area contributed by atoms with E-state index < -0.39 is 0 Å². The molecule has 2 rings (SSSR count). The summed E-state index contributed by atoms with van der Waals surface area (Å²) in [6.07, 6.45) is 8.63. The molecule has 1 saturated carbocycles. The van der Waals surface area contributed by atoms with Crippen molar-refractivity contribution in [3.63, 3.8) is 0 Å². The summed E-state index contributed by atoms with van der Waals surface area (Å²) in [7, 11) is 0. The molecule has 0 aromatic carbocycles. The molecule has 0 aromatic rings. The lowest BCUT2D eigenvalue weighted by atomic mass is 9.75. The Bertz CT molecular complexity index is 240. The van der Waals surface area contributed by atoms with Crippen molar-refractivity contribution in [2.24, 2.45) is 5.92 Å². The van der Waals surface area contributed by atoms with E-state index >= 15 is 0 Å². The van der Waals surface area contributed by atoms with Crippen molar-refractivity contribution < 1.29 is 0 Å². The SMILES string of the molecule is CCC1CCC(C#N)(N2CCCC2)CC1. The summed E-state index contributed by atoms with van der Waals surface area (Å²) < 4.78 is 0. The molecule has 0 N–H and O–H groups in total. The maximum atomic E-state index is 9.47. The van der Waals surface area contributed by atoms with E-state index in [2.05, 4.69) is 17.9 Å². The minimum absolute atomic E-state index is 0.0812. The van der Waals surface area contributed by atoms with Crippen LogP contribution in [0.4, 0.5) is 0 Å². The molecular formula is C13H22N2. The second-order valence-corrected chi connectivity index (χ2v) is 5.19. The van der Waals surface area contributed by atoms with Crippen LogP contribution in [-0.4, -0.2) is 23.5 Å². The van der Waals surface area contributed by atoms with Crippen LogP contribution >= 0.6 is 0 Å². The van der Waals surface area contributed by atoms with Gasteiger partial charge in [0.05, 0.1) is 6.07 Å². The Morgan fingerprint density at radius 3 is 2.33 bits per heavy atom. The highest BCUT2D eigenvalue weighted by atomic mass is 15.2. The van der Waals surface area contributed by atoms with Gasteiger partial charge in [0.25, 0.3) is 0 Å². The zero-order valence-electron chi connectivity index (χ0n) is 9.84. The zero-order valence-corrected chi connectivity index (χ0v) is 9.84. The molecule has 0 radical (unpaired) electrons. The van der Waals surface area contributed by atoms with Gasteiger partial charge >= 0.3 is 0 Å². The van der Waals surface area contributed by atoms with Gasteiger partial charge in [-0.05, 0) is 57.5 Å². The Kier molecular flexibility index (Phi) is 3.31. The smallest absolute Gasteiger partial charge is 0.109 e. The molecule has 2 nitrogen and oxygen atoms in total. The topological polar surface area (TPSA) is 27.0 Å². The number of nitrogens with zero attached hydrogens (tertiary/aromatic N) is 2. The lowest BCUT2D eigenvalue weighted by Gasteiger charge is -2.41. The minimum atomic E-state index is -0.0812. The molecule has 2 heteroatoms. The average molecular weight is 206 g/mol. The van der Waals surface area contributed by atoms with Crippen molar-refractivity contribution in [3.05, 3.63) is 0 Å². The summed E-state index contributed by atoms with van der Waals surface area (Å²) in [5.41, 5.74) is -0.0812. The third kappa shape index (κ3) is 2.03. The van der Waals surface area contributed by atoms with Gasteiger partial charge in [-0.15, -0.1) is 0 Å². The average Bonchev–Trinajstić information content (AvgIpc) is 2.83. The molecule has 0 bridgehead atoms. The molecule has 15 heavy (non-hydrogen) atoms. The van der Waals surface area contributed by atoms with E-state index in [1.807, 2.05) is 0 Å². The van der Waals surface area contributed by atoms with Crippen molar-refractivity contribution >= 4 is 0 Å². The maximum absolute atomic E-state index is 9.47. The highest BCUT2D eigenvalue weighted by molar-refractivity contribution is 5.11. The first-order chi connectivity index (χ1) is 7.30. The van der Waals surface area contributed by atoms with Gasteiger partial charge in [0, 0.05) is 0 Å². The van der Waals surface area contributed by atoms with Gasteiger partial charge in [-0.3, -0.25) is 4.90 Å². The molecule has 0 aromatic heterocycles. The minimum Gasteiger partial charge on any atom is -0.286 e. The predicted molar refractivity (Wildman–Crippen MR) is 61.4 cm³/mol. The van der Waals surface area contributed by atoms with Crippen LogP contribution in [-0.2, 0) is 0 Å². The number of hydrogen-bond acceptors (Lipinski definition) is 2. The van der Waals surface area contributed by atoms with Crippen LogP contribution in [0.3, 0.4) is 0 Å². The van der Waals surface area contributed by atoms with Crippen LogP contribution in [0.5, 0.6) is 0 Å². The second kappa shape index (κ2) is 4.53. The van der Waals surface area contributed by atoms with Gasteiger partial charge in [-0.2, -0.15) is 5.26 Å². The molecule has 1 aliphatic carbocycles. The summed E-state index contributed by atoms with van der Waals surface area (Å²) >= 11 is 0. The van der Waals surface area contributed by atoms with Gasteiger partial charge in [-0.1, -0.05) is 13.3 Å². The molecule has 0 amide bonds. The molecule has 2 fully saturated rings. The fourth-order valence-corrected chi connectivity index (χ4v) is 3.21. The lowest BCUT2D eigenvalue weighted by molar-refractivity contribution is 0.104. The molecule has 0 unspecified atom stereocenters. The number of nitriles is 1. The van der Waals surface area contributed by atoms with E-state index in [-0.39, 0.29) is 5.54 Å². The number of rotatable bonds is 2. The van der Waals surface area contributed by atoms with E-state index in [9.17, 15) is 5.26 Å². The summed E-state index contributed by atoms with van der Waals surface area (Å²) in [4.78, 5) is 2.46. The van der Waals surface area contributed by atoms with Crippen molar-refractivity contribution in [2.45, 2.75) is 57.4 Å². The van der Waals surface area contributed by atoms with Gasteiger partial charge in [0.15, 0.2) is 0 Å². The maximum Gasteiger partial charge on any atom is 0.109 e. The number of hydrogen-bond donors (Lipinski definition) is 0. The Hall–Kier alpha value is -0.550. The van der Waals surface area contributed by atoms with Crippen LogP contribution in [0.2, 0.25) is 0 Å². The molecule has 2 aliphatic rings. The highest BCUT2D eigenvalue weighted by Crippen LogP contribution is 2.38. The van der Waals surface area contributed by atoms with Crippen molar-refractivity contribution in [3.8, 4) is 6.07 Å². The summed E-state index contributed by atoms with van der Waals surface area (Å²) in [6, 6.07) is 2.63. The molecule has 84 valence electrons. The molecule has 1 aliphatic heterocycles. The van der Waals surface area contributed by atoms with Gasteiger partial charge in [0.1, 0.15) is 5.54 Å². The first-order valence-corrected chi connectivity index (χ1v) is 6.47. The molecule has 0 spiro atoms. The molecular weight excluding hydrogens is 184 g/mol. The summed E-state index contributed by atoms with van der Waals surface area (Å²) in [6.45, 7) is 4.59. The van der Waals surface area contributed by atoms with Crippen LogP contribution in [0.1, 0.15) is 51.9 Å². The molecule has 0 atom stereocenters. The fraction of sp³-hybridized carbons (Fsp3) is 0.923. The van der Waals surface area contributed by atoms with Crippen LogP contribution in [0.15, 0.2) is 0 Å². The van der Waals surface area contributed by atoms with Gasteiger partial charge in [0.2, 0.25) is 0 Å². The molecule has 1 saturated heterocycles. The standard InChI is InChI=1S/C13H22N2/c1-2-12-5-7-13(11-14,8-6-12)15-9-3-4-10-15/h12H,2-10H2,1H3. The quantitative estimate of drug-likeness (QED) is 0.694. The first-order valence-electron chi connectivity index (χ1n) is 6.47. The second-order valence-electron chi connectivity index (χ2n) is 5.19. The molecule has 1 heterocycles. The summed E-state index contributed by atoms with van der Waals surface area (Å²) in [5.74, 6) is 0.883. The van der Waals surface area contributed by atoms with Gasteiger partial charge in [-0.25, -0.2) is 0 Å². The first kappa shape index (κ1) is 11.0. The van der Waals surface area contributed by atoms with E-state index in [1.165, 1.54) is 32.1 Å². The van der Waals surface area contributed by atoms with E-state index in [1.54, 1.807) is 0 Å². The normalized spacial score (nSPS) is 37.7. The van der Waals surface area contributed by atoms with Crippen molar-refractivity contribution in [2.75, 3.05) is 13.1 Å². The number of likely N-dealkylation sites (tertiary alicyclic amines) is 1. The van der Waals surface area contributed by atoms with E-state index in [0.717, 1.165) is 31.8 Å². The summed E-state index contributed by atoms with van der Waals surface area (Å²) in [5, 5.41) is 9.47. The Balaban J connectivity index is 2.01. The van der Waals surface area contributed by atoms with Crippen LogP contribution in [0.25, 0.3) is 0 Å². The largest absolute Gasteiger partial charge is 0.286 e. The fourth-order valence-electron chi connectivity index (χ4n) is 3.21. The third-order valence-electron chi connectivity index (χ3n) is 4.43. The van der Waals surface area contributed by atoms with Crippen molar-refractivity contribution in [1.29, 1.82) is 5.26 Å². The Morgan fingerprint density at radius 1 is 1.27 bits per heavy atom. The predicted octanol–water partition coefficient (Wildman–Crippen LogP) is 2.94. The zero-order chi connectivity index (χ0) is 10.7. The van der Waals surface area contributed by atoms with Crippen LogP contribution < -0.4 is 0 Å². The van der Waals surface area contributed by atoms with Crippen molar-refractivity contribution in [1.82, 2.24) is 4.90 Å². The van der Waals surface area contributed by atoms with Crippen LogP contribution in [0, 0.1) is 17.2 Å². The van der Waals surface area contributed by atoms with Gasteiger partial charge < -0.3 is 0 Å². The monoisotopic (exact) mass is 206 g/mol. The highest BCUT2D eigenvalue weighted by Gasteiger charge is 2.41. The lowest BCUT2D eigenvalue weighted by Crippen LogP contribution is -2.48.